The molecule has 0 fully saturated rings. The van der Waals surface area contributed by atoms with Crippen molar-refractivity contribution in [2.75, 3.05) is 12.4 Å². The molecule has 0 radical (unpaired) electrons. The highest BCUT2D eigenvalue weighted by Gasteiger charge is 2.20. The highest BCUT2D eigenvalue weighted by atomic mass is 16.5. The minimum absolute atomic E-state index is 0.179. The molecular formula is C23H21N3O2. The van der Waals surface area contributed by atoms with Gasteiger partial charge in [-0.1, -0.05) is 24.3 Å². The fourth-order valence-corrected chi connectivity index (χ4v) is 3.30. The Kier molecular flexibility index (Phi) is 4.81. The van der Waals surface area contributed by atoms with Crippen molar-refractivity contribution in [2.45, 2.75) is 13.0 Å². The highest BCUT2D eigenvalue weighted by molar-refractivity contribution is 5.86. The van der Waals surface area contributed by atoms with Gasteiger partial charge in [0.1, 0.15) is 17.0 Å². The van der Waals surface area contributed by atoms with Crippen molar-refractivity contribution < 1.29 is 9.84 Å². The van der Waals surface area contributed by atoms with E-state index in [1.807, 2.05) is 67.6 Å². The average molecular weight is 371 g/mol. The first-order valence-corrected chi connectivity index (χ1v) is 9.05. The largest absolute Gasteiger partial charge is 0.505 e. The maximum atomic E-state index is 11.0. The first kappa shape index (κ1) is 17.8. The summed E-state index contributed by atoms with van der Waals surface area (Å²) in [6.45, 7) is 1.92. The quantitative estimate of drug-likeness (QED) is 0.525. The SMILES string of the molecule is COc1cccc(NC(c2ccncc2)c2ccc3ccc(C)nc3c2O)c1. The van der Waals surface area contributed by atoms with E-state index >= 15 is 0 Å². The van der Waals surface area contributed by atoms with Crippen LogP contribution in [-0.2, 0) is 0 Å². The Morgan fingerprint density at radius 2 is 1.79 bits per heavy atom. The van der Waals surface area contributed by atoms with Gasteiger partial charge >= 0.3 is 0 Å². The summed E-state index contributed by atoms with van der Waals surface area (Å²) < 4.78 is 5.33. The number of hydrogen-bond acceptors (Lipinski definition) is 5. The van der Waals surface area contributed by atoms with Gasteiger partial charge in [-0.05, 0) is 42.8 Å². The highest BCUT2D eigenvalue weighted by Crippen LogP contribution is 2.36. The molecule has 0 aliphatic carbocycles. The van der Waals surface area contributed by atoms with E-state index in [2.05, 4.69) is 15.3 Å². The van der Waals surface area contributed by atoms with Gasteiger partial charge in [-0.15, -0.1) is 0 Å². The molecule has 0 amide bonds. The minimum atomic E-state index is -0.276. The van der Waals surface area contributed by atoms with E-state index in [4.69, 9.17) is 4.74 Å². The van der Waals surface area contributed by atoms with Crippen molar-refractivity contribution in [3.8, 4) is 11.5 Å². The molecule has 4 aromatic rings. The summed E-state index contributed by atoms with van der Waals surface area (Å²) in [6.07, 6.45) is 3.49. The van der Waals surface area contributed by atoms with Crippen LogP contribution in [0.2, 0.25) is 0 Å². The number of aromatic nitrogens is 2. The van der Waals surface area contributed by atoms with E-state index in [9.17, 15) is 5.11 Å². The van der Waals surface area contributed by atoms with Crippen molar-refractivity contribution in [1.29, 1.82) is 0 Å². The van der Waals surface area contributed by atoms with Crippen LogP contribution in [-0.4, -0.2) is 22.2 Å². The number of benzene rings is 2. The zero-order valence-corrected chi connectivity index (χ0v) is 15.8. The molecule has 1 unspecified atom stereocenters. The number of rotatable bonds is 5. The predicted molar refractivity (Wildman–Crippen MR) is 111 cm³/mol. The van der Waals surface area contributed by atoms with E-state index in [-0.39, 0.29) is 11.8 Å². The van der Waals surface area contributed by atoms with E-state index in [0.717, 1.165) is 33.6 Å². The molecule has 0 spiro atoms. The second kappa shape index (κ2) is 7.56. The van der Waals surface area contributed by atoms with Crippen LogP contribution in [0, 0.1) is 6.92 Å². The summed E-state index contributed by atoms with van der Waals surface area (Å²) in [4.78, 5) is 8.65. The number of hydrogen-bond donors (Lipinski definition) is 2. The molecule has 140 valence electrons. The first-order chi connectivity index (χ1) is 13.7. The number of aryl methyl sites for hydroxylation is 1. The van der Waals surface area contributed by atoms with Crippen LogP contribution in [0.4, 0.5) is 5.69 Å². The molecule has 0 saturated carbocycles. The van der Waals surface area contributed by atoms with Crippen molar-refractivity contribution in [3.05, 3.63) is 89.9 Å². The molecule has 5 heteroatoms. The van der Waals surface area contributed by atoms with Crippen LogP contribution < -0.4 is 10.1 Å². The number of aromatic hydroxyl groups is 1. The Bertz CT molecular complexity index is 1110. The Morgan fingerprint density at radius 1 is 1.00 bits per heavy atom. The van der Waals surface area contributed by atoms with Crippen LogP contribution in [0.25, 0.3) is 10.9 Å². The monoisotopic (exact) mass is 371 g/mol. The second-order valence-electron chi connectivity index (χ2n) is 6.62. The van der Waals surface area contributed by atoms with Gasteiger partial charge in [-0.3, -0.25) is 4.98 Å². The van der Waals surface area contributed by atoms with Gasteiger partial charge in [0, 0.05) is 40.8 Å². The number of methoxy groups -OCH3 is 1. The smallest absolute Gasteiger partial charge is 0.147 e. The maximum absolute atomic E-state index is 11.0. The molecule has 2 N–H and O–H groups in total. The standard InChI is InChI=1S/C23H21N3O2/c1-15-6-7-16-8-9-20(23(27)22(16)25-15)21(17-10-12-24-13-11-17)26-18-4-3-5-19(14-18)28-2/h3-14,21,26-27H,1-2H3. The molecule has 2 aromatic carbocycles. The normalized spacial score (nSPS) is 11.9. The number of nitrogens with one attached hydrogen (secondary N) is 1. The lowest BCUT2D eigenvalue weighted by Crippen LogP contribution is -2.13. The number of phenols is 1. The molecule has 4 rings (SSSR count). The maximum Gasteiger partial charge on any atom is 0.147 e. The summed E-state index contributed by atoms with van der Waals surface area (Å²) in [5, 5.41) is 15.5. The molecule has 0 bridgehead atoms. The van der Waals surface area contributed by atoms with Crippen molar-refractivity contribution >= 4 is 16.6 Å². The first-order valence-electron chi connectivity index (χ1n) is 9.05. The van der Waals surface area contributed by atoms with Gasteiger partial charge in [-0.25, -0.2) is 4.98 Å². The number of ether oxygens (including phenoxy) is 1. The zero-order valence-electron chi connectivity index (χ0n) is 15.8. The lowest BCUT2D eigenvalue weighted by atomic mass is 9.96. The molecule has 28 heavy (non-hydrogen) atoms. The third kappa shape index (κ3) is 3.47. The van der Waals surface area contributed by atoms with Gasteiger partial charge in [0.25, 0.3) is 0 Å². The third-order valence-corrected chi connectivity index (χ3v) is 4.74. The molecule has 1 atom stereocenters. The van der Waals surface area contributed by atoms with Crippen molar-refractivity contribution in [1.82, 2.24) is 9.97 Å². The minimum Gasteiger partial charge on any atom is -0.505 e. The third-order valence-electron chi connectivity index (χ3n) is 4.74. The van der Waals surface area contributed by atoms with Gasteiger partial charge < -0.3 is 15.2 Å². The molecule has 0 aliphatic heterocycles. The van der Waals surface area contributed by atoms with E-state index in [1.54, 1.807) is 19.5 Å². The van der Waals surface area contributed by atoms with Gasteiger partial charge in [0.15, 0.2) is 0 Å². The van der Waals surface area contributed by atoms with E-state index < -0.39 is 0 Å². The Morgan fingerprint density at radius 3 is 2.57 bits per heavy atom. The lowest BCUT2D eigenvalue weighted by Gasteiger charge is -2.22. The molecule has 2 aromatic heterocycles. The molecule has 2 heterocycles. The number of pyridine rings is 2. The molecule has 0 saturated heterocycles. The summed E-state index contributed by atoms with van der Waals surface area (Å²) in [5.74, 6) is 0.942. The molecule has 0 aliphatic rings. The van der Waals surface area contributed by atoms with Gasteiger partial charge in [0.2, 0.25) is 0 Å². The Balaban J connectivity index is 1.84. The van der Waals surface area contributed by atoms with Crippen LogP contribution in [0.1, 0.15) is 22.9 Å². The van der Waals surface area contributed by atoms with E-state index in [0.29, 0.717) is 5.52 Å². The van der Waals surface area contributed by atoms with Crippen LogP contribution in [0.5, 0.6) is 11.5 Å². The predicted octanol–water partition coefficient (Wildman–Crippen LogP) is 4.85. The van der Waals surface area contributed by atoms with E-state index in [1.165, 1.54) is 0 Å². The topological polar surface area (TPSA) is 67.3 Å². The summed E-state index contributed by atoms with van der Waals surface area (Å²) >= 11 is 0. The lowest BCUT2D eigenvalue weighted by molar-refractivity contribution is 0.415. The zero-order chi connectivity index (χ0) is 19.5. The summed E-state index contributed by atoms with van der Waals surface area (Å²) in [7, 11) is 1.64. The Hall–Kier alpha value is -3.60. The van der Waals surface area contributed by atoms with Crippen molar-refractivity contribution in [2.24, 2.45) is 0 Å². The van der Waals surface area contributed by atoms with Gasteiger partial charge in [-0.2, -0.15) is 0 Å². The fourth-order valence-electron chi connectivity index (χ4n) is 3.30. The number of fused-ring (bicyclic) bond motifs is 1. The number of anilines is 1. The summed E-state index contributed by atoms with van der Waals surface area (Å²) in [5.41, 5.74) is 4.09. The Labute approximate surface area is 163 Å². The molecule has 5 nitrogen and oxygen atoms in total. The summed E-state index contributed by atoms with van der Waals surface area (Å²) in [6, 6.07) is 19.1. The van der Waals surface area contributed by atoms with Gasteiger partial charge in [0.05, 0.1) is 13.2 Å². The second-order valence-corrected chi connectivity index (χ2v) is 6.62. The molecular weight excluding hydrogens is 350 g/mol. The number of nitrogens with zero attached hydrogens (tertiary/aromatic N) is 2. The van der Waals surface area contributed by atoms with Crippen molar-refractivity contribution in [3.63, 3.8) is 0 Å². The number of phenolic OH excluding ortho intramolecular Hbond substituents is 1. The van der Waals surface area contributed by atoms with Crippen LogP contribution in [0.15, 0.2) is 73.1 Å². The average Bonchev–Trinajstić information content (AvgIpc) is 2.74. The van der Waals surface area contributed by atoms with Crippen LogP contribution in [0.3, 0.4) is 0 Å². The fraction of sp³-hybridized carbons (Fsp3) is 0.130. The van der Waals surface area contributed by atoms with Crippen LogP contribution >= 0.6 is 0 Å².